The van der Waals surface area contributed by atoms with Crippen LogP contribution >= 0.6 is 0 Å². The highest BCUT2D eigenvalue weighted by Gasteiger charge is 2.12. The molecule has 1 heterocycles. The molecule has 1 unspecified atom stereocenters. The van der Waals surface area contributed by atoms with Gasteiger partial charge in [0.25, 0.3) is 0 Å². The van der Waals surface area contributed by atoms with Gasteiger partial charge in [-0.2, -0.15) is 0 Å². The molecule has 0 bridgehead atoms. The van der Waals surface area contributed by atoms with Gasteiger partial charge in [0.1, 0.15) is 18.3 Å². The number of imidazole rings is 1. The maximum absolute atomic E-state index is 10.2. The zero-order chi connectivity index (χ0) is 9.14. The molecule has 1 atom stereocenters. The van der Waals surface area contributed by atoms with Crippen molar-refractivity contribution in [1.82, 2.24) is 9.55 Å². The van der Waals surface area contributed by atoms with E-state index in [-0.39, 0.29) is 0 Å². The van der Waals surface area contributed by atoms with E-state index < -0.39 is 27.8 Å². The van der Waals surface area contributed by atoms with Gasteiger partial charge in [-0.05, 0) is 16.0 Å². The van der Waals surface area contributed by atoms with Gasteiger partial charge in [-0.15, -0.1) is 0 Å². The van der Waals surface area contributed by atoms with E-state index in [1.807, 2.05) is 0 Å². The first-order chi connectivity index (χ1) is 5.61. The number of nitrogens with zero attached hydrogens (tertiary/aromatic N) is 3. The fraction of sp³-hybridized carbons (Fsp3) is 0.250. The summed E-state index contributed by atoms with van der Waals surface area (Å²) < 4.78 is 21.3. The monoisotopic (exact) mass is 190 g/mol. The summed E-state index contributed by atoms with van der Waals surface area (Å²) in [6.07, 6.45) is 2.40. The Morgan fingerprint density at radius 1 is 1.75 bits per heavy atom. The molecule has 0 N–H and O–H groups in total. The molecule has 0 saturated heterocycles. The van der Waals surface area contributed by atoms with Gasteiger partial charge in [0.05, 0.1) is 0 Å². The van der Waals surface area contributed by atoms with E-state index in [4.69, 9.17) is 0 Å². The molecule has 0 radical (unpaired) electrons. The maximum atomic E-state index is 10.2. The lowest BCUT2D eigenvalue weighted by molar-refractivity contribution is -0.396. The van der Waals surface area contributed by atoms with Crippen LogP contribution in [0.4, 0.5) is 5.95 Å². The molecule has 7 nitrogen and oxygen atoms in total. The molecule has 0 aliphatic rings. The first kappa shape index (κ1) is 8.81. The van der Waals surface area contributed by atoms with E-state index >= 15 is 0 Å². The average Bonchev–Trinajstić information content (AvgIpc) is 2.33. The lowest BCUT2D eigenvalue weighted by Gasteiger charge is -2.03. The summed E-state index contributed by atoms with van der Waals surface area (Å²) in [5.74, 6) is -0.921. The first-order valence-electron chi connectivity index (χ1n) is 2.82. The lowest BCUT2D eigenvalue weighted by Crippen LogP contribution is -2.06. The fourth-order valence-electron chi connectivity index (χ4n) is 0.688. The summed E-state index contributed by atoms with van der Waals surface area (Å²) >= 11 is -2.35. The van der Waals surface area contributed by atoms with Crippen LogP contribution in [0.1, 0.15) is 0 Å². The van der Waals surface area contributed by atoms with Gasteiger partial charge in [-0.25, -0.2) is 4.57 Å². The van der Waals surface area contributed by atoms with Gasteiger partial charge in [0.15, 0.2) is 0 Å². The zero-order valence-corrected chi connectivity index (χ0v) is 6.56. The van der Waals surface area contributed by atoms with Crippen molar-refractivity contribution in [3.05, 3.63) is 22.5 Å². The van der Waals surface area contributed by atoms with Crippen LogP contribution in [0, 0.1) is 10.1 Å². The largest absolute Gasteiger partial charge is 0.770 e. The third kappa shape index (κ3) is 1.86. The summed E-state index contributed by atoms with van der Waals surface area (Å²) in [5.41, 5.74) is 0. The summed E-state index contributed by atoms with van der Waals surface area (Å²) in [7, 11) is 0. The Balaban J connectivity index is 2.91. The molecule has 12 heavy (non-hydrogen) atoms. The first-order valence-corrected chi connectivity index (χ1v) is 4.07. The van der Waals surface area contributed by atoms with E-state index in [9.17, 15) is 18.9 Å². The third-order valence-corrected chi connectivity index (χ3v) is 1.59. The van der Waals surface area contributed by atoms with E-state index in [2.05, 4.69) is 4.98 Å². The fourth-order valence-corrected chi connectivity index (χ4v) is 1.12. The number of aromatic nitrogens is 2. The van der Waals surface area contributed by atoms with E-state index in [0.29, 0.717) is 0 Å². The van der Waals surface area contributed by atoms with Crippen LogP contribution in [0.2, 0.25) is 0 Å². The summed E-state index contributed by atoms with van der Waals surface area (Å²) in [4.78, 5) is 12.8. The number of nitro groups is 1. The van der Waals surface area contributed by atoms with Gasteiger partial charge in [0.2, 0.25) is 0 Å². The summed E-state index contributed by atoms with van der Waals surface area (Å²) in [6.45, 7) is 0. The Hall–Kier alpha value is -1.28. The number of hydrogen-bond acceptors (Lipinski definition) is 5. The van der Waals surface area contributed by atoms with E-state index in [1.54, 1.807) is 0 Å². The molecule has 1 aromatic rings. The summed E-state index contributed by atoms with van der Waals surface area (Å²) in [6, 6.07) is 0. The molecule has 0 spiro atoms. The molecular weight excluding hydrogens is 186 g/mol. The van der Waals surface area contributed by atoms with Crippen LogP contribution in [0.5, 0.6) is 0 Å². The quantitative estimate of drug-likeness (QED) is 0.367. The van der Waals surface area contributed by atoms with Crippen molar-refractivity contribution in [1.29, 1.82) is 0 Å². The highest BCUT2D eigenvalue weighted by molar-refractivity contribution is 7.78. The second kappa shape index (κ2) is 3.41. The average molecular weight is 190 g/mol. The van der Waals surface area contributed by atoms with Gasteiger partial charge >= 0.3 is 5.95 Å². The van der Waals surface area contributed by atoms with Crippen molar-refractivity contribution in [2.45, 2.75) is 5.88 Å². The van der Waals surface area contributed by atoms with Crippen molar-refractivity contribution in [2.75, 3.05) is 0 Å². The SMILES string of the molecule is O=[N+]([O-])c1nccn1CS(=O)[O-]. The molecule has 0 fully saturated rings. The smallest absolute Gasteiger partial charge is 0.435 e. The number of rotatable bonds is 3. The highest BCUT2D eigenvalue weighted by atomic mass is 32.2. The minimum Gasteiger partial charge on any atom is -0.770 e. The molecule has 0 amide bonds. The Bertz CT molecular complexity index is 322. The predicted octanol–water partition coefficient (Wildman–Crippen LogP) is -0.372. The molecule has 1 rings (SSSR count). The topological polar surface area (TPSA) is 101 Å². The number of hydrogen-bond donors (Lipinski definition) is 0. The van der Waals surface area contributed by atoms with Crippen molar-refractivity contribution >= 4 is 17.0 Å². The van der Waals surface area contributed by atoms with Gasteiger partial charge in [-0.3, -0.25) is 4.21 Å². The Kier molecular flexibility index (Phi) is 2.51. The van der Waals surface area contributed by atoms with Crippen molar-refractivity contribution in [3.8, 4) is 0 Å². The minimum atomic E-state index is -2.35. The molecule has 8 heteroatoms. The molecule has 0 aliphatic heterocycles. The predicted molar refractivity (Wildman–Crippen MR) is 37.8 cm³/mol. The van der Waals surface area contributed by atoms with E-state index in [0.717, 1.165) is 4.57 Å². The second-order valence-electron chi connectivity index (χ2n) is 1.89. The molecular formula is C4H4N3O4S-. The Labute approximate surface area is 69.5 Å². The Morgan fingerprint density at radius 2 is 2.42 bits per heavy atom. The van der Waals surface area contributed by atoms with Gasteiger partial charge < -0.3 is 14.7 Å². The molecule has 66 valence electrons. The van der Waals surface area contributed by atoms with Gasteiger partial charge in [-0.1, -0.05) is 4.98 Å². The second-order valence-corrected chi connectivity index (χ2v) is 2.75. The highest BCUT2D eigenvalue weighted by Crippen LogP contribution is 2.06. The van der Waals surface area contributed by atoms with Crippen molar-refractivity contribution in [3.63, 3.8) is 0 Å². The van der Waals surface area contributed by atoms with E-state index in [1.165, 1.54) is 12.4 Å². The van der Waals surface area contributed by atoms with Crippen LogP contribution in [0.3, 0.4) is 0 Å². The van der Waals surface area contributed by atoms with Crippen LogP contribution < -0.4 is 0 Å². The standard InChI is InChI=1S/C4H5N3O4S/c8-7(9)4-5-1-2-6(4)3-12(10)11/h1-2H,3H2,(H,10,11)/p-1. The summed E-state index contributed by atoms with van der Waals surface area (Å²) in [5, 5.41) is 10.2. The van der Waals surface area contributed by atoms with Crippen LogP contribution in [0.15, 0.2) is 12.4 Å². The minimum absolute atomic E-state index is 0.448. The van der Waals surface area contributed by atoms with Crippen molar-refractivity contribution in [2.24, 2.45) is 0 Å². The third-order valence-electron chi connectivity index (χ3n) is 1.10. The Morgan fingerprint density at radius 3 is 2.92 bits per heavy atom. The molecule has 0 aliphatic carbocycles. The lowest BCUT2D eigenvalue weighted by atomic mass is 10.9. The van der Waals surface area contributed by atoms with Gasteiger partial charge in [0, 0.05) is 0 Å². The van der Waals surface area contributed by atoms with Crippen molar-refractivity contribution < 1.29 is 13.7 Å². The molecule has 1 aromatic heterocycles. The maximum Gasteiger partial charge on any atom is 0.435 e. The molecule has 0 aromatic carbocycles. The van der Waals surface area contributed by atoms with Crippen LogP contribution in [0.25, 0.3) is 0 Å². The van der Waals surface area contributed by atoms with Crippen LogP contribution in [-0.2, 0) is 17.0 Å². The normalized spacial score (nSPS) is 12.8. The zero-order valence-electron chi connectivity index (χ0n) is 5.74. The van der Waals surface area contributed by atoms with Crippen LogP contribution in [-0.4, -0.2) is 23.2 Å². The molecule has 0 saturated carbocycles.